The third-order valence-corrected chi connectivity index (χ3v) is 5.18. The summed E-state index contributed by atoms with van der Waals surface area (Å²) < 4.78 is 13.7. The van der Waals surface area contributed by atoms with Gasteiger partial charge in [0.2, 0.25) is 0 Å². The van der Waals surface area contributed by atoms with E-state index in [0.717, 1.165) is 54.7 Å². The zero-order valence-electron chi connectivity index (χ0n) is 18.2. The summed E-state index contributed by atoms with van der Waals surface area (Å²) in [5.41, 5.74) is 3.10. The molecule has 1 aliphatic rings. The van der Waals surface area contributed by atoms with E-state index in [4.69, 9.17) is 14.5 Å². The van der Waals surface area contributed by atoms with Crippen LogP contribution in [0.25, 0.3) is 5.65 Å². The first-order valence-corrected chi connectivity index (χ1v) is 10.9. The number of aromatic nitrogens is 3. The molecule has 2 aromatic heterocycles. The van der Waals surface area contributed by atoms with E-state index in [0.29, 0.717) is 19.7 Å². The predicted octanol–water partition coefficient (Wildman–Crippen LogP) is 2.50. The van der Waals surface area contributed by atoms with Gasteiger partial charge in [0.15, 0.2) is 11.6 Å². The van der Waals surface area contributed by atoms with Crippen molar-refractivity contribution in [3.8, 4) is 5.75 Å². The van der Waals surface area contributed by atoms with Crippen LogP contribution in [0, 0.1) is 6.92 Å². The number of ether oxygens (including phenoxy) is 2. The van der Waals surface area contributed by atoms with Gasteiger partial charge < -0.3 is 20.1 Å². The van der Waals surface area contributed by atoms with E-state index >= 15 is 0 Å². The summed E-state index contributed by atoms with van der Waals surface area (Å²) in [6.45, 7) is 7.58. The molecular formula is C23H30N6O2. The summed E-state index contributed by atoms with van der Waals surface area (Å²) in [5.74, 6) is 2.59. The number of benzene rings is 1. The van der Waals surface area contributed by atoms with Gasteiger partial charge in [0.25, 0.3) is 0 Å². The lowest BCUT2D eigenvalue weighted by Gasteiger charge is -2.16. The number of aliphatic imine (C=N–C) groups is 1. The Balaban J connectivity index is 1.39. The molecule has 1 saturated heterocycles. The van der Waals surface area contributed by atoms with Gasteiger partial charge in [-0.15, -0.1) is 10.2 Å². The van der Waals surface area contributed by atoms with Crippen molar-refractivity contribution >= 4 is 11.6 Å². The Morgan fingerprint density at radius 2 is 2.19 bits per heavy atom. The molecular weight excluding hydrogens is 392 g/mol. The van der Waals surface area contributed by atoms with E-state index in [-0.39, 0.29) is 6.10 Å². The van der Waals surface area contributed by atoms with Gasteiger partial charge in [-0.2, -0.15) is 0 Å². The Bertz CT molecular complexity index is 1030. The van der Waals surface area contributed by atoms with Crippen LogP contribution in [0.15, 0.2) is 47.6 Å². The van der Waals surface area contributed by atoms with Crippen molar-refractivity contribution in [2.24, 2.45) is 4.99 Å². The lowest BCUT2D eigenvalue weighted by atomic mass is 10.1. The van der Waals surface area contributed by atoms with Crippen LogP contribution in [0.4, 0.5) is 0 Å². The molecule has 0 amide bonds. The summed E-state index contributed by atoms with van der Waals surface area (Å²) in [6.07, 6.45) is 3.78. The first-order chi connectivity index (χ1) is 15.2. The molecule has 0 aliphatic carbocycles. The average Bonchev–Trinajstić information content (AvgIpc) is 3.43. The minimum absolute atomic E-state index is 0.119. The number of nitrogens with one attached hydrogen (secondary N) is 2. The number of fused-ring (bicyclic) bond motifs is 1. The standard InChI is InChI=1S/C23H30N6O2/c1-3-24-23(25-11-9-22-28-27-21-6-4-5-12-29(21)22)26-15-18-8-7-17(2)14-20(18)31-19-10-13-30-16-19/h4-8,12,14,19H,3,9-11,13,15-16H2,1-2H3,(H2,24,25,26). The van der Waals surface area contributed by atoms with Gasteiger partial charge in [-0.1, -0.05) is 18.2 Å². The van der Waals surface area contributed by atoms with Crippen molar-refractivity contribution in [1.82, 2.24) is 25.2 Å². The molecule has 1 aromatic carbocycles. The van der Waals surface area contributed by atoms with Crippen molar-refractivity contribution in [3.63, 3.8) is 0 Å². The van der Waals surface area contributed by atoms with E-state index in [1.807, 2.05) is 28.8 Å². The maximum Gasteiger partial charge on any atom is 0.191 e. The normalized spacial score (nSPS) is 16.6. The maximum atomic E-state index is 6.20. The highest BCUT2D eigenvalue weighted by Gasteiger charge is 2.18. The van der Waals surface area contributed by atoms with Gasteiger partial charge >= 0.3 is 0 Å². The lowest BCUT2D eigenvalue weighted by Crippen LogP contribution is -2.38. The predicted molar refractivity (Wildman–Crippen MR) is 121 cm³/mol. The summed E-state index contributed by atoms with van der Waals surface area (Å²) in [7, 11) is 0. The summed E-state index contributed by atoms with van der Waals surface area (Å²) in [5, 5.41) is 15.2. The van der Waals surface area contributed by atoms with Gasteiger partial charge in [0.05, 0.1) is 19.8 Å². The van der Waals surface area contributed by atoms with Gasteiger partial charge in [-0.3, -0.25) is 4.40 Å². The third kappa shape index (κ3) is 5.52. The van der Waals surface area contributed by atoms with Gasteiger partial charge in [0.1, 0.15) is 17.7 Å². The zero-order chi connectivity index (χ0) is 21.5. The van der Waals surface area contributed by atoms with Gasteiger partial charge in [-0.05, 0) is 37.6 Å². The monoisotopic (exact) mass is 422 g/mol. The molecule has 0 radical (unpaired) electrons. The Morgan fingerprint density at radius 1 is 1.26 bits per heavy atom. The molecule has 8 nitrogen and oxygen atoms in total. The molecule has 2 N–H and O–H groups in total. The van der Waals surface area contributed by atoms with Crippen LogP contribution in [0.2, 0.25) is 0 Å². The van der Waals surface area contributed by atoms with Crippen LogP contribution in [0.1, 0.15) is 30.3 Å². The molecule has 31 heavy (non-hydrogen) atoms. The first-order valence-electron chi connectivity index (χ1n) is 10.9. The summed E-state index contributed by atoms with van der Waals surface area (Å²) in [6, 6.07) is 12.2. The molecule has 3 aromatic rings. The molecule has 0 spiro atoms. The first kappa shape index (κ1) is 21.1. The van der Waals surface area contributed by atoms with E-state index in [9.17, 15) is 0 Å². The molecule has 1 aliphatic heterocycles. The van der Waals surface area contributed by atoms with Crippen molar-refractivity contribution in [2.45, 2.75) is 39.3 Å². The van der Waals surface area contributed by atoms with Crippen molar-refractivity contribution in [3.05, 3.63) is 59.5 Å². The second-order valence-corrected chi connectivity index (χ2v) is 7.63. The molecule has 0 bridgehead atoms. The fraction of sp³-hybridized carbons (Fsp3) is 0.435. The average molecular weight is 423 g/mol. The zero-order valence-corrected chi connectivity index (χ0v) is 18.2. The SMILES string of the molecule is CCNC(=NCc1ccc(C)cc1OC1CCOC1)NCCc1nnc2ccccn12. The molecule has 0 saturated carbocycles. The minimum Gasteiger partial charge on any atom is -0.488 e. The van der Waals surface area contributed by atoms with Gasteiger partial charge in [-0.25, -0.2) is 4.99 Å². The quantitative estimate of drug-likeness (QED) is 0.429. The van der Waals surface area contributed by atoms with E-state index in [1.165, 1.54) is 5.56 Å². The van der Waals surface area contributed by atoms with E-state index in [2.05, 4.69) is 52.9 Å². The minimum atomic E-state index is 0.119. The molecule has 164 valence electrons. The van der Waals surface area contributed by atoms with Crippen molar-refractivity contribution < 1.29 is 9.47 Å². The second kappa shape index (κ2) is 10.3. The Hall–Kier alpha value is -3.13. The number of aryl methyl sites for hydroxylation is 1. The van der Waals surface area contributed by atoms with Crippen molar-refractivity contribution in [1.29, 1.82) is 0 Å². The fourth-order valence-electron chi connectivity index (χ4n) is 3.55. The topological polar surface area (TPSA) is 85.1 Å². The van der Waals surface area contributed by atoms with Crippen LogP contribution in [0.5, 0.6) is 5.75 Å². The number of hydrogen-bond donors (Lipinski definition) is 2. The van der Waals surface area contributed by atoms with Crippen LogP contribution in [-0.4, -0.2) is 53.0 Å². The van der Waals surface area contributed by atoms with Crippen LogP contribution in [0.3, 0.4) is 0 Å². The Kier molecular flexibility index (Phi) is 6.99. The number of rotatable bonds is 8. The lowest BCUT2D eigenvalue weighted by molar-refractivity contribution is 0.140. The van der Waals surface area contributed by atoms with E-state index in [1.54, 1.807) is 0 Å². The molecule has 4 rings (SSSR count). The van der Waals surface area contributed by atoms with Crippen LogP contribution < -0.4 is 15.4 Å². The fourth-order valence-corrected chi connectivity index (χ4v) is 3.55. The molecule has 1 atom stereocenters. The van der Waals surface area contributed by atoms with E-state index < -0.39 is 0 Å². The van der Waals surface area contributed by atoms with Crippen LogP contribution >= 0.6 is 0 Å². The molecule has 8 heteroatoms. The Labute approximate surface area is 182 Å². The second-order valence-electron chi connectivity index (χ2n) is 7.63. The van der Waals surface area contributed by atoms with Crippen molar-refractivity contribution in [2.75, 3.05) is 26.3 Å². The number of pyridine rings is 1. The summed E-state index contributed by atoms with van der Waals surface area (Å²) >= 11 is 0. The summed E-state index contributed by atoms with van der Waals surface area (Å²) in [4.78, 5) is 4.77. The number of hydrogen-bond acceptors (Lipinski definition) is 5. The van der Waals surface area contributed by atoms with Crippen LogP contribution in [-0.2, 0) is 17.7 Å². The molecule has 1 unspecified atom stereocenters. The highest BCUT2D eigenvalue weighted by molar-refractivity contribution is 5.79. The largest absolute Gasteiger partial charge is 0.488 e. The maximum absolute atomic E-state index is 6.20. The highest BCUT2D eigenvalue weighted by Crippen LogP contribution is 2.24. The molecule has 3 heterocycles. The highest BCUT2D eigenvalue weighted by atomic mass is 16.5. The third-order valence-electron chi connectivity index (χ3n) is 5.18. The number of nitrogens with zero attached hydrogens (tertiary/aromatic N) is 4. The smallest absolute Gasteiger partial charge is 0.191 e. The van der Waals surface area contributed by atoms with Gasteiger partial charge in [0, 0.05) is 37.7 Å². The number of guanidine groups is 1. The molecule has 1 fully saturated rings. The Morgan fingerprint density at radius 3 is 3.03 bits per heavy atom.